The van der Waals surface area contributed by atoms with E-state index in [1.807, 2.05) is 47.5 Å². The Morgan fingerprint density at radius 1 is 1.17 bits per heavy atom. The van der Waals surface area contributed by atoms with E-state index >= 15 is 0 Å². The van der Waals surface area contributed by atoms with E-state index in [1.54, 1.807) is 64.4 Å². The maximum atomic E-state index is 14.2. The maximum absolute atomic E-state index is 14.2. The van der Waals surface area contributed by atoms with Crippen LogP contribution in [0, 0.1) is 6.92 Å². The van der Waals surface area contributed by atoms with Gasteiger partial charge in [-0.3, -0.25) is 14.8 Å². The zero-order chi connectivity index (χ0) is 34.5. The molecule has 3 aromatic heterocycles. The summed E-state index contributed by atoms with van der Waals surface area (Å²) in [4.78, 5) is 46.6. The van der Waals surface area contributed by atoms with Gasteiger partial charge in [0.15, 0.2) is 0 Å². The smallest absolute Gasteiger partial charge is 0.408 e. The third-order valence-corrected chi connectivity index (χ3v) is 8.66. The topological polar surface area (TPSA) is 148 Å². The Labute approximate surface area is 284 Å². The lowest BCUT2D eigenvalue weighted by Gasteiger charge is -2.29. The minimum absolute atomic E-state index is 0.0686. The number of nitrogens with zero attached hydrogens (tertiary/aromatic N) is 7. The Balaban J connectivity index is 1.56. The van der Waals surface area contributed by atoms with E-state index in [-0.39, 0.29) is 29.4 Å². The van der Waals surface area contributed by atoms with E-state index in [4.69, 9.17) is 14.1 Å². The lowest BCUT2D eigenvalue weighted by atomic mass is 9.92. The third kappa shape index (κ3) is 8.08. The highest BCUT2D eigenvalue weighted by atomic mass is 32.1. The summed E-state index contributed by atoms with van der Waals surface area (Å²) < 4.78 is 11.8. The number of aromatic nitrogens is 4. The van der Waals surface area contributed by atoms with Gasteiger partial charge in [-0.15, -0.1) is 21.5 Å². The van der Waals surface area contributed by atoms with Gasteiger partial charge >= 0.3 is 6.09 Å². The quantitative estimate of drug-likeness (QED) is 0.186. The fraction of sp³-hybridized carbons (Fsp3) is 0.371. The molecule has 12 nitrogen and oxygen atoms in total. The van der Waals surface area contributed by atoms with Crippen LogP contribution in [0.5, 0.6) is 0 Å². The van der Waals surface area contributed by atoms with Crippen LogP contribution < -0.4 is 5.32 Å². The molecule has 2 unspecified atom stereocenters. The second-order valence-electron chi connectivity index (χ2n) is 12.8. The van der Waals surface area contributed by atoms with E-state index < -0.39 is 17.2 Å². The number of pyridine rings is 1. The molecule has 4 heterocycles. The lowest BCUT2D eigenvalue weighted by molar-refractivity contribution is 0.0443. The van der Waals surface area contributed by atoms with Gasteiger partial charge < -0.3 is 19.4 Å². The number of nitrogens with one attached hydrogen (secondary N) is 1. The second kappa shape index (κ2) is 14.4. The number of carbonyl (C=O) groups is 2. The van der Waals surface area contributed by atoms with Crippen molar-refractivity contribution in [1.82, 2.24) is 30.4 Å². The molecule has 0 spiro atoms. The standard InChI is InChI=1S/C35H40N8O4S/c1-22-21-48-30(38-22)28-14-11-15-43(28)31(44)24-16-26(25(19-36-6)20-37-7)39-27(17-24)29-41-42-32(46-29)35(5,18-23-12-9-8-10-13-23)40-33(45)47-34(2,3)4/h8-10,12-13,16-17,19-21,28H,6,11,14-15,18H2,1-5,7H3,(H,40,45)/b25-19+,37-20-. The molecule has 13 heteroatoms. The van der Waals surface area contributed by atoms with Gasteiger partial charge in [-0.05, 0) is 71.9 Å². The van der Waals surface area contributed by atoms with Gasteiger partial charge in [-0.25, -0.2) is 14.8 Å². The number of rotatable bonds is 10. The number of ether oxygens (including phenoxy) is 1. The molecular formula is C35H40N8O4S. The first-order valence-corrected chi connectivity index (χ1v) is 16.5. The van der Waals surface area contributed by atoms with Crippen molar-refractivity contribution in [2.45, 2.75) is 71.1 Å². The van der Waals surface area contributed by atoms with Crippen LogP contribution in [0.25, 0.3) is 17.2 Å². The molecule has 0 aliphatic carbocycles. The third-order valence-electron chi connectivity index (χ3n) is 7.60. The Morgan fingerprint density at radius 3 is 2.60 bits per heavy atom. The number of alkyl carbamates (subject to hydrolysis) is 1. The Bertz CT molecular complexity index is 1840. The molecule has 250 valence electrons. The van der Waals surface area contributed by atoms with Crippen LogP contribution in [0.3, 0.4) is 0 Å². The molecule has 2 atom stereocenters. The molecule has 1 saturated heterocycles. The van der Waals surface area contributed by atoms with Gasteiger partial charge in [0.1, 0.15) is 21.8 Å². The lowest BCUT2D eigenvalue weighted by Crippen LogP contribution is -2.47. The van der Waals surface area contributed by atoms with Crippen molar-refractivity contribution in [2.75, 3.05) is 13.6 Å². The largest absolute Gasteiger partial charge is 0.444 e. The number of hydrogen-bond donors (Lipinski definition) is 1. The first kappa shape index (κ1) is 34.3. The average molecular weight is 669 g/mol. The molecule has 1 aromatic carbocycles. The number of benzene rings is 1. The second-order valence-corrected chi connectivity index (χ2v) is 13.7. The first-order chi connectivity index (χ1) is 22.9. The van der Waals surface area contributed by atoms with Crippen molar-refractivity contribution in [3.8, 4) is 11.6 Å². The van der Waals surface area contributed by atoms with Crippen molar-refractivity contribution in [3.05, 3.63) is 87.5 Å². The van der Waals surface area contributed by atoms with Crippen LogP contribution in [-0.4, -0.2) is 69.2 Å². The molecule has 48 heavy (non-hydrogen) atoms. The molecule has 2 amide bonds. The van der Waals surface area contributed by atoms with Crippen molar-refractivity contribution in [2.24, 2.45) is 9.98 Å². The predicted molar refractivity (Wildman–Crippen MR) is 186 cm³/mol. The summed E-state index contributed by atoms with van der Waals surface area (Å²) in [6, 6.07) is 12.9. The SMILES string of the molecule is C=N/C=C(\C=N/C)c1cc(C(=O)N2CCCC2c2nc(C)cs2)cc(-c2nnc(C(C)(Cc3ccccc3)NC(=O)OC(C)(C)C)o2)n1. The van der Waals surface area contributed by atoms with E-state index in [9.17, 15) is 9.59 Å². The fourth-order valence-electron chi connectivity index (χ4n) is 5.53. The van der Waals surface area contributed by atoms with Crippen LogP contribution in [0.15, 0.2) is 68.4 Å². The molecule has 5 rings (SSSR count). The summed E-state index contributed by atoms with van der Waals surface area (Å²) in [5.74, 6) is 0.0403. The molecule has 1 aliphatic rings. The molecule has 1 aliphatic heterocycles. The highest BCUT2D eigenvalue weighted by Gasteiger charge is 2.37. The van der Waals surface area contributed by atoms with Crippen molar-refractivity contribution < 1.29 is 18.7 Å². The van der Waals surface area contributed by atoms with Crippen LogP contribution in [0.4, 0.5) is 4.79 Å². The summed E-state index contributed by atoms with van der Waals surface area (Å²) in [7, 11) is 1.63. The van der Waals surface area contributed by atoms with Gasteiger partial charge in [0.25, 0.3) is 11.8 Å². The zero-order valence-corrected chi connectivity index (χ0v) is 28.9. The van der Waals surface area contributed by atoms with Crippen molar-refractivity contribution >= 4 is 41.8 Å². The highest BCUT2D eigenvalue weighted by molar-refractivity contribution is 7.09. The van der Waals surface area contributed by atoms with Gasteiger partial charge in [-0.1, -0.05) is 30.3 Å². The summed E-state index contributed by atoms with van der Waals surface area (Å²) >= 11 is 1.56. The Kier molecular flexibility index (Phi) is 10.3. The van der Waals surface area contributed by atoms with Crippen LogP contribution in [0.2, 0.25) is 0 Å². The van der Waals surface area contributed by atoms with E-state index in [0.29, 0.717) is 29.8 Å². The molecule has 1 fully saturated rings. The summed E-state index contributed by atoms with van der Waals surface area (Å²) in [5, 5.41) is 14.6. The first-order valence-electron chi connectivity index (χ1n) is 15.6. The van der Waals surface area contributed by atoms with E-state index in [0.717, 1.165) is 29.1 Å². The van der Waals surface area contributed by atoms with Crippen molar-refractivity contribution in [1.29, 1.82) is 0 Å². The fourth-order valence-corrected chi connectivity index (χ4v) is 6.47. The number of carbonyl (C=O) groups excluding carboxylic acids is 2. The maximum Gasteiger partial charge on any atom is 0.408 e. The Morgan fingerprint density at radius 2 is 1.94 bits per heavy atom. The average Bonchev–Trinajstić information content (AvgIpc) is 3.81. The molecule has 0 bridgehead atoms. The number of allylic oxidation sites excluding steroid dienone is 1. The summed E-state index contributed by atoms with van der Waals surface area (Å²) in [6.07, 6.45) is 4.51. The number of likely N-dealkylation sites (tertiary alicyclic amines) is 1. The normalized spacial score (nSPS) is 16.6. The number of thiazole rings is 1. The van der Waals surface area contributed by atoms with Gasteiger partial charge in [0.2, 0.25) is 5.89 Å². The van der Waals surface area contributed by atoms with Gasteiger partial charge in [-0.2, -0.15) is 0 Å². The van der Waals surface area contributed by atoms with Crippen LogP contribution in [-0.2, 0) is 16.7 Å². The molecule has 4 aromatic rings. The highest BCUT2D eigenvalue weighted by Crippen LogP contribution is 2.36. The number of hydrogen-bond acceptors (Lipinski definition) is 11. The summed E-state index contributed by atoms with van der Waals surface area (Å²) in [5.41, 5.74) is 1.62. The van der Waals surface area contributed by atoms with Crippen LogP contribution in [0.1, 0.15) is 84.8 Å². The van der Waals surface area contributed by atoms with Gasteiger partial charge in [0.05, 0.1) is 11.7 Å². The molecule has 0 saturated carbocycles. The van der Waals surface area contributed by atoms with E-state index in [2.05, 4.69) is 37.2 Å². The van der Waals surface area contributed by atoms with Crippen LogP contribution >= 0.6 is 11.3 Å². The zero-order valence-electron chi connectivity index (χ0n) is 28.1. The van der Waals surface area contributed by atoms with Crippen molar-refractivity contribution in [3.63, 3.8) is 0 Å². The predicted octanol–water partition coefficient (Wildman–Crippen LogP) is 6.60. The minimum atomic E-state index is -1.15. The molecule has 0 radical (unpaired) electrons. The number of amides is 2. The summed E-state index contributed by atoms with van der Waals surface area (Å²) in [6.45, 7) is 13.3. The number of aryl methyl sites for hydroxylation is 1. The molecular weight excluding hydrogens is 629 g/mol. The Hall–Kier alpha value is -5.04. The van der Waals surface area contributed by atoms with Gasteiger partial charge in [0, 0.05) is 54.6 Å². The minimum Gasteiger partial charge on any atom is -0.444 e. The number of aliphatic imine (C=N–C) groups is 2. The molecule has 1 N–H and O–H groups in total. The van der Waals surface area contributed by atoms with E-state index in [1.165, 1.54) is 6.20 Å². The monoisotopic (exact) mass is 668 g/mol.